The molecule has 0 aliphatic carbocycles. The van der Waals surface area contributed by atoms with Crippen molar-refractivity contribution in [1.82, 2.24) is 21.3 Å². The number of carbonyl (C=O) groups excluding carboxylic acids is 6. The highest BCUT2D eigenvalue weighted by molar-refractivity contribution is 6.16. The quantitative estimate of drug-likeness (QED) is 0.427. The normalized spacial score (nSPS) is 19.2. The molecular formula is C11H14N4O6. The first-order chi connectivity index (χ1) is 9.70. The van der Waals surface area contributed by atoms with Crippen molar-refractivity contribution in [3.8, 4) is 0 Å². The first kappa shape index (κ1) is 16.3. The summed E-state index contributed by atoms with van der Waals surface area (Å²) < 4.78 is 0. The Morgan fingerprint density at radius 3 is 1.48 bits per heavy atom. The number of rotatable bonds is 1. The summed E-state index contributed by atoms with van der Waals surface area (Å²) in [6.07, 6.45) is -0.258. The van der Waals surface area contributed by atoms with Gasteiger partial charge in [0, 0.05) is 0 Å². The van der Waals surface area contributed by atoms with E-state index in [9.17, 15) is 28.8 Å². The van der Waals surface area contributed by atoms with Crippen molar-refractivity contribution in [2.24, 2.45) is 11.8 Å². The average Bonchev–Trinajstić information content (AvgIpc) is 2.24. The maximum Gasteiger partial charge on any atom is 0.328 e. The molecule has 0 aromatic heterocycles. The lowest BCUT2D eigenvalue weighted by Gasteiger charge is -2.22. The number of nitrogens with one attached hydrogen (secondary N) is 4. The van der Waals surface area contributed by atoms with Gasteiger partial charge in [0.1, 0.15) is 12.3 Å². The highest BCUT2D eigenvalue weighted by Gasteiger charge is 2.36. The Labute approximate surface area is 119 Å². The second kappa shape index (κ2) is 6.59. The molecule has 0 bridgehead atoms. The number of carbonyl (C=O) groups is 6. The van der Waals surface area contributed by atoms with Gasteiger partial charge in [-0.15, -0.1) is 0 Å². The van der Waals surface area contributed by atoms with Crippen LogP contribution in [0.1, 0.15) is 20.3 Å². The molecule has 2 rings (SSSR count). The van der Waals surface area contributed by atoms with Crippen LogP contribution in [0.15, 0.2) is 0 Å². The van der Waals surface area contributed by atoms with Crippen LogP contribution in [-0.2, 0) is 19.2 Å². The SMILES string of the molecule is CC(C)C1C(=O)NC(=O)NC1=O.O=C1CC(=O)NC(=O)N1. The largest absolute Gasteiger partial charge is 0.328 e. The lowest BCUT2D eigenvalue weighted by atomic mass is 9.93. The van der Waals surface area contributed by atoms with E-state index in [1.54, 1.807) is 13.8 Å². The predicted octanol–water partition coefficient (Wildman–Crippen LogP) is -1.63. The lowest BCUT2D eigenvalue weighted by Crippen LogP contribution is -2.57. The van der Waals surface area contributed by atoms with E-state index < -0.39 is 41.6 Å². The van der Waals surface area contributed by atoms with Crippen molar-refractivity contribution in [3.63, 3.8) is 0 Å². The minimum Gasteiger partial charge on any atom is -0.277 e. The van der Waals surface area contributed by atoms with Gasteiger partial charge in [0.05, 0.1) is 0 Å². The minimum atomic E-state index is -0.748. The van der Waals surface area contributed by atoms with Gasteiger partial charge in [-0.1, -0.05) is 13.8 Å². The Kier molecular flexibility index (Phi) is 5.11. The van der Waals surface area contributed by atoms with Crippen molar-refractivity contribution in [2.75, 3.05) is 0 Å². The van der Waals surface area contributed by atoms with Crippen LogP contribution in [0, 0.1) is 11.8 Å². The van der Waals surface area contributed by atoms with E-state index in [0.717, 1.165) is 0 Å². The predicted molar refractivity (Wildman–Crippen MR) is 66.3 cm³/mol. The van der Waals surface area contributed by atoms with Crippen molar-refractivity contribution in [3.05, 3.63) is 0 Å². The van der Waals surface area contributed by atoms with Gasteiger partial charge in [0.25, 0.3) is 0 Å². The van der Waals surface area contributed by atoms with Crippen LogP contribution in [0.3, 0.4) is 0 Å². The van der Waals surface area contributed by atoms with Crippen LogP contribution in [0.5, 0.6) is 0 Å². The highest BCUT2D eigenvalue weighted by Crippen LogP contribution is 2.13. The number of amides is 8. The van der Waals surface area contributed by atoms with Crippen molar-refractivity contribution in [2.45, 2.75) is 20.3 Å². The van der Waals surface area contributed by atoms with E-state index in [2.05, 4.69) is 0 Å². The summed E-state index contributed by atoms with van der Waals surface area (Å²) in [6, 6.07) is -1.47. The maximum absolute atomic E-state index is 11.1. The lowest BCUT2D eigenvalue weighted by molar-refractivity contribution is -0.138. The molecule has 0 aromatic rings. The van der Waals surface area contributed by atoms with Crippen molar-refractivity contribution in [1.29, 1.82) is 0 Å². The van der Waals surface area contributed by atoms with Gasteiger partial charge in [0.15, 0.2) is 0 Å². The fourth-order valence-corrected chi connectivity index (χ4v) is 1.65. The average molecular weight is 298 g/mol. The van der Waals surface area contributed by atoms with E-state index >= 15 is 0 Å². The third kappa shape index (κ3) is 4.67. The summed E-state index contributed by atoms with van der Waals surface area (Å²) in [5.74, 6) is -2.98. The Morgan fingerprint density at radius 1 is 0.762 bits per heavy atom. The van der Waals surface area contributed by atoms with Crippen LogP contribution in [0.4, 0.5) is 9.59 Å². The maximum atomic E-state index is 11.1. The number of urea groups is 2. The molecule has 21 heavy (non-hydrogen) atoms. The first-order valence-electron chi connectivity index (χ1n) is 6.00. The van der Waals surface area contributed by atoms with E-state index in [4.69, 9.17) is 0 Å². The fourth-order valence-electron chi connectivity index (χ4n) is 1.65. The molecule has 2 fully saturated rings. The Bertz CT molecular complexity index is 462. The van der Waals surface area contributed by atoms with Gasteiger partial charge >= 0.3 is 12.1 Å². The van der Waals surface area contributed by atoms with Crippen LogP contribution < -0.4 is 21.3 Å². The molecule has 0 radical (unpaired) electrons. The van der Waals surface area contributed by atoms with Crippen molar-refractivity contribution < 1.29 is 28.8 Å². The van der Waals surface area contributed by atoms with Crippen LogP contribution in [-0.4, -0.2) is 35.7 Å². The summed E-state index contributed by atoms with van der Waals surface area (Å²) >= 11 is 0. The molecule has 4 N–H and O–H groups in total. The van der Waals surface area contributed by atoms with E-state index in [0.29, 0.717) is 0 Å². The molecule has 0 atom stereocenters. The Balaban J connectivity index is 0.000000219. The zero-order chi connectivity index (χ0) is 16.2. The fraction of sp³-hybridized carbons (Fsp3) is 0.455. The second-order valence-electron chi connectivity index (χ2n) is 4.63. The molecule has 8 amide bonds. The molecule has 2 heterocycles. The van der Waals surface area contributed by atoms with Gasteiger partial charge < -0.3 is 0 Å². The number of barbiturate groups is 2. The molecule has 0 aromatic carbocycles. The highest BCUT2D eigenvalue weighted by atomic mass is 16.2. The monoisotopic (exact) mass is 298 g/mol. The smallest absolute Gasteiger partial charge is 0.277 e. The molecule has 2 aliphatic rings. The van der Waals surface area contributed by atoms with Crippen LogP contribution >= 0.6 is 0 Å². The van der Waals surface area contributed by atoms with Crippen LogP contribution in [0.2, 0.25) is 0 Å². The van der Waals surface area contributed by atoms with Gasteiger partial charge in [0.2, 0.25) is 23.6 Å². The number of hydrogen-bond donors (Lipinski definition) is 4. The Hall–Kier alpha value is -2.78. The van der Waals surface area contributed by atoms with E-state index in [1.165, 1.54) is 0 Å². The zero-order valence-corrected chi connectivity index (χ0v) is 11.3. The summed E-state index contributed by atoms with van der Waals surface area (Å²) in [6.45, 7) is 3.50. The summed E-state index contributed by atoms with van der Waals surface area (Å²) in [7, 11) is 0. The molecule has 114 valence electrons. The summed E-state index contributed by atoms with van der Waals surface area (Å²) in [5.41, 5.74) is 0. The molecule has 0 saturated carbocycles. The van der Waals surface area contributed by atoms with E-state index in [1.807, 2.05) is 21.3 Å². The molecular weight excluding hydrogens is 284 g/mol. The molecule has 0 unspecified atom stereocenters. The molecule has 2 aliphatic heterocycles. The topological polar surface area (TPSA) is 151 Å². The first-order valence-corrected chi connectivity index (χ1v) is 6.00. The van der Waals surface area contributed by atoms with E-state index in [-0.39, 0.29) is 12.3 Å². The second-order valence-corrected chi connectivity index (χ2v) is 4.63. The van der Waals surface area contributed by atoms with Gasteiger partial charge in [-0.05, 0) is 5.92 Å². The Morgan fingerprint density at radius 2 is 1.14 bits per heavy atom. The minimum absolute atomic E-state index is 0.0990. The molecule has 10 heteroatoms. The summed E-state index contributed by atoms with van der Waals surface area (Å²) in [4.78, 5) is 63.5. The third-order valence-corrected chi connectivity index (χ3v) is 2.53. The van der Waals surface area contributed by atoms with Gasteiger partial charge in [-0.3, -0.25) is 40.4 Å². The van der Waals surface area contributed by atoms with Crippen molar-refractivity contribution >= 4 is 35.7 Å². The molecule has 2 saturated heterocycles. The molecule has 10 nitrogen and oxygen atoms in total. The standard InChI is InChI=1S/C7H10N2O3.C4H4N2O3/c1-3(2)4-5(10)8-7(12)9-6(4)11;7-2-1-3(8)6-4(9)5-2/h3-4H,1-2H3,(H2,8,9,10,11,12);1H2,(H2,5,6,7,8,9). The van der Waals surface area contributed by atoms with Gasteiger partial charge in [-0.25, -0.2) is 9.59 Å². The zero-order valence-electron chi connectivity index (χ0n) is 11.3. The molecule has 0 spiro atoms. The number of hydrogen-bond acceptors (Lipinski definition) is 6. The van der Waals surface area contributed by atoms with Crippen LogP contribution in [0.25, 0.3) is 0 Å². The number of imide groups is 4. The summed E-state index contributed by atoms with van der Waals surface area (Å²) in [5, 5.41) is 7.86. The van der Waals surface area contributed by atoms with Gasteiger partial charge in [-0.2, -0.15) is 0 Å². The third-order valence-electron chi connectivity index (χ3n) is 2.53.